The van der Waals surface area contributed by atoms with Gasteiger partial charge in [0.15, 0.2) is 5.16 Å². The van der Waals surface area contributed by atoms with Crippen LogP contribution >= 0.6 is 11.8 Å². The highest BCUT2D eigenvalue weighted by Crippen LogP contribution is 2.33. The Bertz CT molecular complexity index is 1770. The lowest BCUT2D eigenvalue weighted by Gasteiger charge is -2.30. The minimum atomic E-state index is -4.39. The first kappa shape index (κ1) is 36.3. The maximum absolute atomic E-state index is 14.4. The number of benzene rings is 3. The van der Waals surface area contributed by atoms with E-state index in [9.17, 15) is 27.2 Å². The summed E-state index contributed by atoms with van der Waals surface area (Å²) in [4.78, 5) is 36.1. The summed E-state index contributed by atoms with van der Waals surface area (Å²) in [5.41, 5.74) is 3.90. The minimum absolute atomic E-state index is 0.0586. The second-order valence-electron chi connectivity index (χ2n) is 12.4. The number of hydrogen-bond donors (Lipinski definition) is 0. The molecule has 1 atom stereocenters. The lowest BCUT2D eigenvalue weighted by atomic mass is 9.99. The van der Waals surface area contributed by atoms with E-state index in [1.165, 1.54) is 36.0 Å². The molecule has 1 unspecified atom stereocenters. The predicted octanol–water partition coefficient (Wildman–Crippen LogP) is 7.82. The molecular formula is C38H42F4N4O2S. The SMILES string of the molecule is CCN(CC)CCN(C)C(=O)C(CCc1ccc(-c2ccc(C(F)(F)F)cc2)cc1)n1c(SCc2ccc(F)cc2)nc(=O)c2c1CCC2. The third kappa shape index (κ3) is 8.99. The van der Waals surface area contributed by atoms with Crippen LogP contribution in [0.5, 0.6) is 0 Å². The monoisotopic (exact) mass is 694 g/mol. The molecule has 0 spiro atoms. The third-order valence-corrected chi connectivity index (χ3v) is 10.3. The molecule has 11 heteroatoms. The number of carbonyl (C=O) groups excluding carboxylic acids is 1. The third-order valence-electron chi connectivity index (χ3n) is 9.25. The van der Waals surface area contributed by atoms with Gasteiger partial charge in [-0.15, -0.1) is 0 Å². The average Bonchev–Trinajstić information content (AvgIpc) is 3.60. The molecule has 1 aliphatic rings. The van der Waals surface area contributed by atoms with E-state index >= 15 is 0 Å². The lowest BCUT2D eigenvalue weighted by Crippen LogP contribution is -2.41. The summed E-state index contributed by atoms with van der Waals surface area (Å²) in [6.45, 7) is 7.23. The number of alkyl halides is 3. The maximum Gasteiger partial charge on any atom is 0.416 e. The molecule has 260 valence electrons. The molecule has 4 aromatic rings. The largest absolute Gasteiger partial charge is 0.416 e. The molecule has 0 saturated carbocycles. The zero-order valence-corrected chi connectivity index (χ0v) is 28.9. The Kier molecular flexibility index (Phi) is 12.0. The van der Waals surface area contributed by atoms with Gasteiger partial charge in [-0.1, -0.05) is 74.1 Å². The quantitative estimate of drug-likeness (QED) is 0.0766. The average molecular weight is 695 g/mol. The highest BCUT2D eigenvalue weighted by Gasteiger charge is 2.32. The minimum Gasteiger partial charge on any atom is -0.343 e. The van der Waals surface area contributed by atoms with Crippen LogP contribution in [0.25, 0.3) is 11.1 Å². The Hall–Kier alpha value is -3.96. The van der Waals surface area contributed by atoms with Crippen LogP contribution < -0.4 is 5.56 Å². The molecule has 0 bridgehead atoms. The maximum atomic E-state index is 14.4. The van der Waals surface area contributed by atoms with Crippen LogP contribution in [0.1, 0.15) is 60.7 Å². The van der Waals surface area contributed by atoms with E-state index in [0.29, 0.717) is 54.3 Å². The molecule has 1 aliphatic carbocycles. The molecule has 1 amide bonds. The Balaban J connectivity index is 1.44. The van der Waals surface area contributed by atoms with Crippen molar-refractivity contribution in [2.24, 2.45) is 0 Å². The first-order chi connectivity index (χ1) is 23.5. The van der Waals surface area contributed by atoms with Crippen molar-refractivity contribution in [1.29, 1.82) is 0 Å². The summed E-state index contributed by atoms with van der Waals surface area (Å²) in [5.74, 6) is 0.0687. The second-order valence-corrected chi connectivity index (χ2v) is 13.3. The molecule has 0 radical (unpaired) electrons. The molecule has 1 aromatic heterocycles. The van der Waals surface area contributed by atoms with Crippen molar-refractivity contribution in [1.82, 2.24) is 19.4 Å². The summed E-state index contributed by atoms with van der Waals surface area (Å²) in [7, 11) is 1.82. The van der Waals surface area contributed by atoms with Gasteiger partial charge < -0.3 is 14.4 Å². The van der Waals surface area contributed by atoms with E-state index in [1.807, 2.05) is 35.9 Å². The number of aryl methyl sites for hydroxylation is 1. The van der Waals surface area contributed by atoms with Gasteiger partial charge in [-0.25, -0.2) is 4.39 Å². The van der Waals surface area contributed by atoms with Crippen LogP contribution in [0, 0.1) is 5.82 Å². The number of amides is 1. The summed E-state index contributed by atoms with van der Waals surface area (Å²) in [6, 6.07) is 18.3. The van der Waals surface area contributed by atoms with Crippen LogP contribution in [-0.2, 0) is 36.0 Å². The van der Waals surface area contributed by atoms with Gasteiger partial charge >= 0.3 is 6.18 Å². The Labute approximate surface area is 289 Å². The van der Waals surface area contributed by atoms with E-state index < -0.39 is 17.8 Å². The number of carbonyl (C=O) groups is 1. The van der Waals surface area contributed by atoms with E-state index in [1.54, 1.807) is 17.0 Å². The number of thioether (sulfide) groups is 1. The Morgan fingerprint density at radius 1 is 0.898 bits per heavy atom. The van der Waals surface area contributed by atoms with Crippen LogP contribution in [0.15, 0.2) is 82.7 Å². The molecule has 0 saturated heterocycles. The van der Waals surface area contributed by atoms with Crippen LogP contribution in [-0.4, -0.2) is 58.5 Å². The van der Waals surface area contributed by atoms with Crippen molar-refractivity contribution in [3.63, 3.8) is 0 Å². The van der Waals surface area contributed by atoms with Gasteiger partial charge in [0.2, 0.25) is 5.91 Å². The number of rotatable bonds is 14. The van der Waals surface area contributed by atoms with Crippen molar-refractivity contribution in [2.75, 3.05) is 33.2 Å². The van der Waals surface area contributed by atoms with Gasteiger partial charge in [-0.3, -0.25) is 9.59 Å². The molecule has 5 rings (SSSR count). The van der Waals surface area contributed by atoms with Gasteiger partial charge in [0, 0.05) is 37.1 Å². The highest BCUT2D eigenvalue weighted by molar-refractivity contribution is 7.98. The van der Waals surface area contributed by atoms with E-state index in [4.69, 9.17) is 0 Å². The molecule has 3 aromatic carbocycles. The van der Waals surface area contributed by atoms with Gasteiger partial charge in [0.05, 0.1) is 5.56 Å². The number of nitrogens with zero attached hydrogens (tertiary/aromatic N) is 4. The number of halogens is 4. The normalized spacial score (nSPS) is 13.5. The molecule has 0 fully saturated rings. The van der Waals surface area contributed by atoms with Gasteiger partial charge in [0.25, 0.3) is 5.56 Å². The number of likely N-dealkylation sites (N-methyl/N-ethyl adjacent to an activating group) is 2. The first-order valence-corrected chi connectivity index (χ1v) is 17.7. The molecule has 49 heavy (non-hydrogen) atoms. The van der Waals surface area contributed by atoms with Crippen molar-refractivity contribution >= 4 is 17.7 Å². The van der Waals surface area contributed by atoms with E-state index in [-0.39, 0.29) is 17.3 Å². The number of aromatic nitrogens is 2. The van der Waals surface area contributed by atoms with Crippen molar-refractivity contribution < 1.29 is 22.4 Å². The zero-order valence-electron chi connectivity index (χ0n) is 28.1. The number of fused-ring (bicyclic) bond motifs is 1. The lowest BCUT2D eigenvalue weighted by molar-refractivity contribution is -0.137. The summed E-state index contributed by atoms with van der Waals surface area (Å²) < 4.78 is 54.7. The molecule has 0 N–H and O–H groups in total. The summed E-state index contributed by atoms with van der Waals surface area (Å²) >= 11 is 1.37. The fraction of sp³-hybridized carbons (Fsp3) is 0.395. The van der Waals surface area contributed by atoms with E-state index in [0.717, 1.165) is 60.6 Å². The topological polar surface area (TPSA) is 58.4 Å². The van der Waals surface area contributed by atoms with Crippen molar-refractivity contribution in [2.45, 2.75) is 69.1 Å². The summed E-state index contributed by atoms with van der Waals surface area (Å²) in [6.07, 6.45) is -1.29. The van der Waals surface area contributed by atoms with Crippen LogP contribution in [0.4, 0.5) is 17.6 Å². The fourth-order valence-electron chi connectivity index (χ4n) is 6.28. The van der Waals surface area contributed by atoms with Crippen molar-refractivity contribution in [3.8, 4) is 11.1 Å². The van der Waals surface area contributed by atoms with Crippen LogP contribution in [0.3, 0.4) is 0 Å². The van der Waals surface area contributed by atoms with Crippen LogP contribution in [0.2, 0.25) is 0 Å². The number of hydrogen-bond acceptors (Lipinski definition) is 5. The molecular weight excluding hydrogens is 653 g/mol. The predicted molar refractivity (Wildman–Crippen MR) is 186 cm³/mol. The summed E-state index contributed by atoms with van der Waals surface area (Å²) in [5, 5.41) is 0.475. The van der Waals surface area contributed by atoms with Gasteiger partial charge in [0.1, 0.15) is 11.9 Å². The highest BCUT2D eigenvalue weighted by atomic mass is 32.2. The Morgan fingerprint density at radius 3 is 2.12 bits per heavy atom. The molecule has 0 aliphatic heterocycles. The fourth-order valence-corrected chi connectivity index (χ4v) is 7.29. The van der Waals surface area contributed by atoms with Gasteiger partial charge in [-0.05, 0) is 91.7 Å². The van der Waals surface area contributed by atoms with E-state index in [2.05, 4.69) is 23.7 Å². The zero-order chi connectivity index (χ0) is 35.1. The first-order valence-electron chi connectivity index (χ1n) is 16.7. The molecule has 6 nitrogen and oxygen atoms in total. The molecule has 1 heterocycles. The smallest absolute Gasteiger partial charge is 0.343 e. The van der Waals surface area contributed by atoms with Gasteiger partial charge in [-0.2, -0.15) is 18.2 Å². The standard InChI is InChI=1S/C38H42F4N4O2S/c1-4-45(5-2)24-23-44(3)36(48)34(22-13-26-9-14-28(15-10-26)29-16-18-30(19-17-29)38(40,41)42)46-33-8-6-7-32(33)35(47)43-37(46)49-25-27-11-20-31(39)21-12-27/h9-12,14-21,34H,4-8,13,22-25H2,1-3H3. The Morgan fingerprint density at radius 2 is 1.51 bits per heavy atom. The second kappa shape index (κ2) is 16.2. The van der Waals surface area contributed by atoms with Crippen molar-refractivity contribution in [3.05, 3.63) is 117 Å².